The van der Waals surface area contributed by atoms with Crippen molar-refractivity contribution in [2.24, 2.45) is 0 Å². The summed E-state index contributed by atoms with van der Waals surface area (Å²) in [5.41, 5.74) is 1.19. The van der Waals surface area contributed by atoms with Gasteiger partial charge in [0.05, 0.1) is 17.7 Å². The Morgan fingerprint density at radius 3 is 2.58 bits per heavy atom. The third-order valence-electron chi connectivity index (χ3n) is 3.22. The minimum Gasteiger partial charge on any atom is -0.493 e. The van der Waals surface area contributed by atoms with E-state index in [1.54, 1.807) is 18.2 Å². The molecule has 4 nitrogen and oxygen atoms in total. The van der Waals surface area contributed by atoms with Crippen molar-refractivity contribution in [1.29, 1.82) is 0 Å². The Labute approximate surface area is 149 Å². The lowest BCUT2D eigenvalue weighted by molar-refractivity contribution is 0.0728. The van der Waals surface area contributed by atoms with Crippen LogP contribution < -0.4 is 9.47 Å². The zero-order valence-electron chi connectivity index (χ0n) is 12.8. The summed E-state index contributed by atoms with van der Waals surface area (Å²) in [6.07, 6.45) is 2.72. The summed E-state index contributed by atoms with van der Waals surface area (Å²) in [6, 6.07) is 7.58. The summed E-state index contributed by atoms with van der Waals surface area (Å²) in [6.45, 7) is 3.66. The van der Waals surface area contributed by atoms with Gasteiger partial charge in [0.15, 0.2) is 11.5 Å². The number of benzene rings is 2. The molecule has 0 aliphatic heterocycles. The Morgan fingerprint density at radius 2 is 2.00 bits per heavy atom. The van der Waals surface area contributed by atoms with Crippen LogP contribution in [0.1, 0.15) is 26.3 Å². The van der Waals surface area contributed by atoms with Crippen molar-refractivity contribution in [2.45, 2.75) is 6.42 Å². The van der Waals surface area contributed by atoms with Gasteiger partial charge in [0.1, 0.15) is 6.29 Å². The summed E-state index contributed by atoms with van der Waals surface area (Å²) in [5, 5.41) is 0.595. The molecule has 2 aromatic rings. The van der Waals surface area contributed by atoms with Gasteiger partial charge in [-0.1, -0.05) is 29.3 Å². The Bertz CT molecular complexity index is 800. The van der Waals surface area contributed by atoms with Gasteiger partial charge in [-0.15, -0.1) is 6.58 Å². The Kier molecular flexibility index (Phi) is 6.01. The van der Waals surface area contributed by atoms with Crippen LogP contribution in [0.4, 0.5) is 0 Å². The maximum atomic E-state index is 12.4. The molecule has 0 bridgehead atoms. The third kappa shape index (κ3) is 3.96. The lowest BCUT2D eigenvalue weighted by Gasteiger charge is -2.14. The van der Waals surface area contributed by atoms with Crippen LogP contribution in [-0.2, 0) is 6.42 Å². The number of allylic oxidation sites excluding steroid dienone is 1. The fourth-order valence-electron chi connectivity index (χ4n) is 2.13. The molecule has 124 valence electrons. The molecule has 0 radical (unpaired) electrons. The number of esters is 1. The Hall–Kier alpha value is -2.30. The molecule has 2 aromatic carbocycles. The molecule has 0 aliphatic carbocycles. The van der Waals surface area contributed by atoms with Crippen molar-refractivity contribution >= 4 is 35.5 Å². The molecule has 0 aromatic heterocycles. The van der Waals surface area contributed by atoms with Crippen LogP contribution in [0.2, 0.25) is 10.0 Å². The van der Waals surface area contributed by atoms with Gasteiger partial charge in [-0.2, -0.15) is 0 Å². The average molecular weight is 365 g/mol. The van der Waals surface area contributed by atoms with Crippen LogP contribution in [0.5, 0.6) is 11.5 Å². The predicted octanol–water partition coefficient (Wildman–Crippen LogP) is 4.76. The second-order valence-corrected chi connectivity index (χ2v) is 5.68. The van der Waals surface area contributed by atoms with Crippen LogP contribution in [-0.4, -0.2) is 19.4 Å². The highest BCUT2D eigenvalue weighted by molar-refractivity contribution is 6.36. The lowest BCUT2D eigenvalue weighted by Crippen LogP contribution is -2.11. The van der Waals surface area contributed by atoms with Crippen LogP contribution in [0.15, 0.2) is 43.0 Å². The van der Waals surface area contributed by atoms with Gasteiger partial charge in [-0.3, -0.25) is 4.79 Å². The number of carbonyl (C=O) groups is 2. The molecule has 0 atom stereocenters. The summed E-state index contributed by atoms with van der Waals surface area (Å²) in [7, 11) is 1.42. The number of methoxy groups -OCH3 is 1. The maximum absolute atomic E-state index is 12.4. The molecule has 0 heterocycles. The summed E-state index contributed by atoms with van der Waals surface area (Å²) < 4.78 is 10.7. The molecule has 6 heteroatoms. The highest BCUT2D eigenvalue weighted by Crippen LogP contribution is 2.34. The van der Waals surface area contributed by atoms with E-state index >= 15 is 0 Å². The van der Waals surface area contributed by atoms with E-state index in [1.807, 2.05) is 0 Å². The van der Waals surface area contributed by atoms with Crippen LogP contribution in [0.3, 0.4) is 0 Å². The first kappa shape index (κ1) is 18.0. The van der Waals surface area contributed by atoms with E-state index in [0.29, 0.717) is 28.9 Å². The summed E-state index contributed by atoms with van der Waals surface area (Å²) in [5.74, 6) is -0.159. The monoisotopic (exact) mass is 364 g/mol. The van der Waals surface area contributed by atoms with E-state index in [0.717, 1.165) is 0 Å². The highest BCUT2D eigenvalue weighted by Gasteiger charge is 2.19. The molecule has 0 N–H and O–H groups in total. The van der Waals surface area contributed by atoms with Crippen LogP contribution >= 0.6 is 23.2 Å². The molecule has 0 amide bonds. The van der Waals surface area contributed by atoms with Crippen LogP contribution in [0, 0.1) is 0 Å². The quantitative estimate of drug-likeness (QED) is 0.321. The Morgan fingerprint density at radius 1 is 1.25 bits per heavy atom. The summed E-state index contributed by atoms with van der Waals surface area (Å²) in [4.78, 5) is 23.5. The number of rotatable bonds is 6. The van der Waals surface area contributed by atoms with Gasteiger partial charge >= 0.3 is 5.97 Å². The standard InChI is InChI=1S/C18H14Cl2O4/c1-3-4-12-7-11(10-21)8-16(23-2)17(12)24-18(22)14-6-5-13(19)9-15(14)20/h3,5-10H,1,4H2,2H3. The molecule has 2 rings (SSSR count). The number of halogens is 2. The van der Waals surface area contributed by atoms with Gasteiger partial charge in [-0.05, 0) is 36.8 Å². The zero-order chi connectivity index (χ0) is 17.7. The molecular weight excluding hydrogens is 351 g/mol. The number of hydrogen-bond acceptors (Lipinski definition) is 4. The van der Waals surface area contributed by atoms with Gasteiger partial charge < -0.3 is 9.47 Å². The third-order valence-corrected chi connectivity index (χ3v) is 3.77. The second kappa shape index (κ2) is 7.99. The normalized spacial score (nSPS) is 10.1. The predicted molar refractivity (Wildman–Crippen MR) is 93.7 cm³/mol. The average Bonchev–Trinajstić information content (AvgIpc) is 2.56. The first-order valence-electron chi connectivity index (χ1n) is 6.94. The number of hydrogen-bond donors (Lipinski definition) is 0. The Balaban J connectivity index is 2.45. The fraction of sp³-hybridized carbons (Fsp3) is 0.111. The first-order chi connectivity index (χ1) is 11.5. The van der Waals surface area contributed by atoms with E-state index in [-0.39, 0.29) is 22.1 Å². The molecule has 0 spiro atoms. The SMILES string of the molecule is C=CCc1cc(C=O)cc(OC)c1OC(=O)c1ccc(Cl)cc1Cl. The van der Waals surface area contributed by atoms with E-state index in [9.17, 15) is 9.59 Å². The zero-order valence-corrected chi connectivity index (χ0v) is 14.4. The fourth-order valence-corrected chi connectivity index (χ4v) is 2.61. The molecule has 0 saturated carbocycles. The summed E-state index contributed by atoms with van der Waals surface area (Å²) >= 11 is 11.9. The minimum atomic E-state index is -0.654. The van der Waals surface area contributed by atoms with Gasteiger partial charge in [0, 0.05) is 16.1 Å². The largest absolute Gasteiger partial charge is 0.493 e. The highest BCUT2D eigenvalue weighted by atomic mass is 35.5. The number of carbonyl (C=O) groups excluding carboxylic acids is 2. The van der Waals surface area contributed by atoms with Gasteiger partial charge in [-0.25, -0.2) is 4.79 Å². The number of ether oxygens (including phenoxy) is 2. The smallest absolute Gasteiger partial charge is 0.345 e. The second-order valence-electron chi connectivity index (χ2n) is 4.84. The van der Waals surface area contributed by atoms with E-state index in [4.69, 9.17) is 32.7 Å². The van der Waals surface area contributed by atoms with Crippen LogP contribution in [0.25, 0.3) is 0 Å². The van der Waals surface area contributed by atoms with Gasteiger partial charge in [0.2, 0.25) is 0 Å². The van der Waals surface area contributed by atoms with Crippen molar-refractivity contribution in [2.75, 3.05) is 7.11 Å². The van der Waals surface area contributed by atoms with Crippen molar-refractivity contribution < 1.29 is 19.1 Å². The van der Waals surface area contributed by atoms with Crippen molar-refractivity contribution in [3.05, 3.63) is 69.7 Å². The van der Waals surface area contributed by atoms with E-state index in [1.165, 1.54) is 25.3 Å². The van der Waals surface area contributed by atoms with E-state index < -0.39 is 5.97 Å². The lowest BCUT2D eigenvalue weighted by atomic mass is 10.1. The minimum absolute atomic E-state index is 0.173. The van der Waals surface area contributed by atoms with Crippen molar-refractivity contribution in [3.8, 4) is 11.5 Å². The molecule has 0 unspecified atom stereocenters. The number of aldehydes is 1. The molecule has 24 heavy (non-hydrogen) atoms. The molecule has 0 fully saturated rings. The van der Waals surface area contributed by atoms with E-state index in [2.05, 4.69) is 6.58 Å². The molecule has 0 saturated heterocycles. The van der Waals surface area contributed by atoms with Crippen molar-refractivity contribution in [3.63, 3.8) is 0 Å². The molecular formula is C18H14Cl2O4. The molecule has 0 aliphatic rings. The van der Waals surface area contributed by atoms with Gasteiger partial charge in [0.25, 0.3) is 0 Å². The first-order valence-corrected chi connectivity index (χ1v) is 7.70. The topological polar surface area (TPSA) is 52.6 Å². The van der Waals surface area contributed by atoms with Crippen molar-refractivity contribution in [1.82, 2.24) is 0 Å². The maximum Gasteiger partial charge on any atom is 0.345 e.